The zero-order valence-corrected chi connectivity index (χ0v) is 16.8. The number of hydrogen-bond acceptors (Lipinski definition) is 5. The number of ketones is 1. The van der Waals surface area contributed by atoms with Crippen LogP contribution in [0.15, 0.2) is 59.5 Å². The molecule has 0 spiro atoms. The summed E-state index contributed by atoms with van der Waals surface area (Å²) in [4.78, 5) is 27.3. The molecule has 31 heavy (non-hydrogen) atoms. The van der Waals surface area contributed by atoms with E-state index in [-0.39, 0.29) is 22.6 Å². The molecule has 9 heteroatoms. The van der Waals surface area contributed by atoms with E-state index in [0.717, 1.165) is 35.2 Å². The number of amides is 1. The number of carbonyl (C=O) groups is 2. The second kappa shape index (κ2) is 7.92. The van der Waals surface area contributed by atoms with Crippen molar-refractivity contribution < 1.29 is 32.6 Å². The molecule has 3 aromatic rings. The number of ether oxygens (including phenoxy) is 1. The van der Waals surface area contributed by atoms with Gasteiger partial charge in [0.1, 0.15) is 23.4 Å². The van der Waals surface area contributed by atoms with Gasteiger partial charge >= 0.3 is 0 Å². The molecule has 5 nitrogen and oxygen atoms in total. The SMILES string of the molecule is COc1ccc(F)cc1/C(O)=C1/C(=O)C(=O)N(c2ccc(F)c(F)c2)C1c1cccs1. The van der Waals surface area contributed by atoms with E-state index in [1.165, 1.54) is 24.5 Å². The van der Waals surface area contributed by atoms with E-state index in [1.54, 1.807) is 17.5 Å². The van der Waals surface area contributed by atoms with Crippen LogP contribution in [0.2, 0.25) is 0 Å². The minimum absolute atomic E-state index is 0.0651. The van der Waals surface area contributed by atoms with E-state index in [4.69, 9.17) is 4.74 Å². The van der Waals surface area contributed by atoms with Gasteiger partial charge in [0.25, 0.3) is 11.7 Å². The third kappa shape index (κ3) is 3.46. The van der Waals surface area contributed by atoms with Gasteiger partial charge in [0, 0.05) is 16.6 Å². The van der Waals surface area contributed by atoms with Crippen molar-refractivity contribution in [1.82, 2.24) is 0 Å². The number of halogens is 3. The first-order valence-corrected chi connectivity index (χ1v) is 9.84. The van der Waals surface area contributed by atoms with Gasteiger partial charge in [-0.1, -0.05) is 6.07 Å². The first-order chi connectivity index (χ1) is 14.8. The van der Waals surface area contributed by atoms with Crippen molar-refractivity contribution in [2.75, 3.05) is 12.0 Å². The molecule has 0 radical (unpaired) electrons. The van der Waals surface area contributed by atoms with Crippen molar-refractivity contribution >= 4 is 34.5 Å². The number of carbonyl (C=O) groups excluding carboxylic acids is 2. The lowest BCUT2D eigenvalue weighted by Crippen LogP contribution is -2.29. The van der Waals surface area contributed by atoms with Crippen LogP contribution in [0, 0.1) is 17.5 Å². The van der Waals surface area contributed by atoms with Gasteiger partial charge in [0.15, 0.2) is 11.6 Å². The number of Topliss-reactive ketones (excluding diaryl/α,β-unsaturated/α-hetero) is 1. The van der Waals surface area contributed by atoms with Crippen LogP contribution in [0.5, 0.6) is 5.75 Å². The molecule has 1 N–H and O–H groups in total. The molecule has 1 atom stereocenters. The molecule has 1 fully saturated rings. The molecule has 1 unspecified atom stereocenters. The average Bonchev–Trinajstić information content (AvgIpc) is 3.37. The van der Waals surface area contributed by atoms with Gasteiger partial charge in [-0.15, -0.1) is 11.3 Å². The summed E-state index contributed by atoms with van der Waals surface area (Å²) >= 11 is 1.19. The number of anilines is 1. The molecule has 158 valence electrons. The monoisotopic (exact) mass is 445 g/mol. The summed E-state index contributed by atoms with van der Waals surface area (Å²) in [5, 5.41) is 12.7. The van der Waals surface area contributed by atoms with Gasteiger partial charge in [-0.3, -0.25) is 14.5 Å². The van der Waals surface area contributed by atoms with Crippen LogP contribution in [-0.2, 0) is 9.59 Å². The number of methoxy groups -OCH3 is 1. The number of aliphatic hydroxyl groups is 1. The van der Waals surface area contributed by atoms with Crippen molar-refractivity contribution in [1.29, 1.82) is 0 Å². The Balaban J connectivity index is 1.97. The maximum Gasteiger partial charge on any atom is 0.300 e. The summed E-state index contributed by atoms with van der Waals surface area (Å²) in [7, 11) is 1.31. The highest BCUT2D eigenvalue weighted by Gasteiger charge is 2.47. The van der Waals surface area contributed by atoms with Crippen molar-refractivity contribution in [3.63, 3.8) is 0 Å². The van der Waals surface area contributed by atoms with E-state index >= 15 is 0 Å². The van der Waals surface area contributed by atoms with E-state index in [1.807, 2.05) is 0 Å². The molecule has 0 bridgehead atoms. The minimum Gasteiger partial charge on any atom is -0.507 e. The van der Waals surface area contributed by atoms with Gasteiger partial charge in [-0.25, -0.2) is 13.2 Å². The fourth-order valence-corrected chi connectivity index (χ4v) is 4.28. The largest absolute Gasteiger partial charge is 0.507 e. The van der Waals surface area contributed by atoms with E-state index in [0.29, 0.717) is 4.88 Å². The Morgan fingerprint density at radius 3 is 2.48 bits per heavy atom. The minimum atomic E-state index is -1.20. The van der Waals surface area contributed by atoms with Crippen molar-refractivity contribution in [3.05, 3.63) is 87.4 Å². The number of aliphatic hydroxyl groups excluding tert-OH is 1. The van der Waals surface area contributed by atoms with Gasteiger partial charge in [0.05, 0.1) is 18.2 Å². The standard InChI is InChI=1S/C22H14F3NO4S/c1-30-16-7-4-11(23)9-13(16)20(27)18-19(17-3-2-8-31-17)26(22(29)21(18)28)12-5-6-14(24)15(25)10-12/h2-10,19,27H,1H3/b20-18-. The van der Waals surface area contributed by atoms with Gasteiger partial charge in [-0.2, -0.15) is 0 Å². The highest BCUT2D eigenvalue weighted by atomic mass is 32.1. The summed E-state index contributed by atoms with van der Waals surface area (Å²) in [6, 6.07) is 8.34. The Kier molecular flexibility index (Phi) is 5.28. The Morgan fingerprint density at radius 1 is 1.06 bits per heavy atom. The topological polar surface area (TPSA) is 66.8 Å². The zero-order chi connectivity index (χ0) is 22.3. The first kappa shape index (κ1) is 20.7. The summed E-state index contributed by atoms with van der Waals surface area (Å²) in [5.74, 6) is -5.65. The molecular formula is C22H14F3NO4S. The van der Waals surface area contributed by atoms with Crippen LogP contribution in [0.25, 0.3) is 5.76 Å². The number of nitrogens with zero attached hydrogens (tertiary/aromatic N) is 1. The van der Waals surface area contributed by atoms with Crippen LogP contribution in [0.3, 0.4) is 0 Å². The third-order valence-corrected chi connectivity index (χ3v) is 5.78. The molecule has 0 saturated carbocycles. The van der Waals surface area contributed by atoms with Crippen molar-refractivity contribution in [3.8, 4) is 5.75 Å². The highest BCUT2D eigenvalue weighted by Crippen LogP contribution is 2.44. The summed E-state index contributed by atoms with van der Waals surface area (Å²) < 4.78 is 46.3. The third-order valence-electron chi connectivity index (χ3n) is 4.86. The highest BCUT2D eigenvalue weighted by molar-refractivity contribution is 7.10. The zero-order valence-electron chi connectivity index (χ0n) is 15.9. The van der Waals surface area contributed by atoms with Gasteiger partial charge < -0.3 is 9.84 Å². The van der Waals surface area contributed by atoms with Crippen molar-refractivity contribution in [2.45, 2.75) is 6.04 Å². The molecule has 1 aliphatic rings. The lowest BCUT2D eigenvalue weighted by Gasteiger charge is -2.24. The van der Waals surface area contributed by atoms with Crippen LogP contribution in [0.4, 0.5) is 18.9 Å². The molecule has 2 heterocycles. The maximum atomic E-state index is 13.9. The predicted molar refractivity (Wildman–Crippen MR) is 108 cm³/mol. The molecule has 1 amide bonds. The smallest absolute Gasteiger partial charge is 0.300 e. The first-order valence-electron chi connectivity index (χ1n) is 8.97. The van der Waals surface area contributed by atoms with Crippen molar-refractivity contribution in [2.24, 2.45) is 0 Å². The maximum absolute atomic E-state index is 13.9. The van der Waals surface area contributed by atoms with E-state index in [9.17, 15) is 27.9 Å². The molecule has 1 aliphatic heterocycles. The Bertz CT molecular complexity index is 1220. The van der Waals surface area contributed by atoms with Gasteiger partial charge in [0.2, 0.25) is 0 Å². The Hall–Kier alpha value is -3.59. The van der Waals surface area contributed by atoms with Crippen LogP contribution in [-0.4, -0.2) is 23.9 Å². The molecule has 1 saturated heterocycles. The molecule has 0 aliphatic carbocycles. The quantitative estimate of drug-likeness (QED) is 0.356. The van der Waals surface area contributed by atoms with Crippen LogP contribution < -0.4 is 9.64 Å². The second-order valence-electron chi connectivity index (χ2n) is 6.63. The lowest BCUT2D eigenvalue weighted by molar-refractivity contribution is -0.132. The van der Waals surface area contributed by atoms with Gasteiger partial charge in [-0.05, 0) is 41.8 Å². The van der Waals surface area contributed by atoms with Crippen LogP contribution in [0.1, 0.15) is 16.5 Å². The fourth-order valence-electron chi connectivity index (χ4n) is 3.46. The predicted octanol–water partition coefficient (Wildman–Crippen LogP) is 4.80. The second-order valence-corrected chi connectivity index (χ2v) is 7.61. The summed E-state index contributed by atoms with van der Waals surface area (Å²) in [5.41, 5.74) is -0.502. The molecule has 4 rings (SSSR count). The fraction of sp³-hybridized carbons (Fsp3) is 0.0909. The number of thiophene rings is 1. The number of rotatable bonds is 4. The van der Waals surface area contributed by atoms with Crippen LogP contribution >= 0.6 is 11.3 Å². The molecule has 1 aromatic heterocycles. The summed E-state index contributed by atoms with van der Waals surface area (Å²) in [6.45, 7) is 0. The number of hydrogen-bond donors (Lipinski definition) is 1. The molecule has 2 aromatic carbocycles. The van der Waals surface area contributed by atoms with E-state index < -0.39 is 40.9 Å². The Labute approximate surface area is 178 Å². The average molecular weight is 445 g/mol. The Morgan fingerprint density at radius 2 is 1.84 bits per heavy atom. The normalized spacial score (nSPS) is 17.9. The lowest BCUT2D eigenvalue weighted by atomic mass is 9.99. The summed E-state index contributed by atoms with van der Waals surface area (Å²) in [6.07, 6.45) is 0. The van der Waals surface area contributed by atoms with E-state index in [2.05, 4.69) is 0 Å². The number of benzene rings is 2. The molecular weight excluding hydrogens is 431 g/mol.